The molecule has 0 radical (unpaired) electrons. The largest absolute Gasteiger partial charge is 0.477 e. The SMILES string of the molecule is Cc1ccc(OCC(=O)N(C)[C@@H]2CCS(=O)(=O)C2)c([N+](=O)[O-])c1. The summed E-state index contributed by atoms with van der Waals surface area (Å²) in [5.74, 6) is -0.386. The van der Waals surface area contributed by atoms with Crippen molar-refractivity contribution in [2.45, 2.75) is 19.4 Å². The molecule has 1 aromatic rings. The number of sulfone groups is 1. The second-order valence-corrected chi connectivity index (χ2v) is 7.81. The summed E-state index contributed by atoms with van der Waals surface area (Å²) in [6, 6.07) is 4.09. The number of aryl methyl sites for hydroxylation is 1. The maximum absolute atomic E-state index is 12.1. The van der Waals surface area contributed by atoms with Crippen molar-refractivity contribution in [2.24, 2.45) is 0 Å². The number of rotatable bonds is 5. The van der Waals surface area contributed by atoms with Crippen LogP contribution in [-0.4, -0.2) is 55.4 Å². The molecule has 0 saturated carbocycles. The van der Waals surface area contributed by atoms with Crippen LogP contribution in [0.1, 0.15) is 12.0 Å². The highest BCUT2D eigenvalue weighted by molar-refractivity contribution is 7.91. The van der Waals surface area contributed by atoms with E-state index in [9.17, 15) is 23.3 Å². The fraction of sp³-hybridized carbons (Fsp3) is 0.500. The number of nitro groups is 1. The summed E-state index contributed by atoms with van der Waals surface area (Å²) in [4.78, 5) is 23.9. The van der Waals surface area contributed by atoms with Crippen LogP contribution in [0.25, 0.3) is 0 Å². The molecule has 0 unspecified atom stereocenters. The number of nitro benzene ring substituents is 1. The van der Waals surface area contributed by atoms with Crippen LogP contribution in [0.5, 0.6) is 5.75 Å². The van der Waals surface area contributed by atoms with E-state index in [1.807, 2.05) is 0 Å². The molecule has 1 atom stereocenters. The van der Waals surface area contributed by atoms with Gasteiger partial charge >= 0.3 is 5.69 Å². The van der Waals surface area contributed by atoms with Crippen LogP contribution < -0.4 is 4.74 Å². The predicted molar refractivity (Wildman–Crippen MR) is 83.2 cm³/mol. The highest BCUT2D eigenvalue weighted by Crippen LogP contribution is 2.27. The fourth-order valence-corrected chi connectivity index (χ4v) is 4.19. The summed E-state index contributed by atoms with van der Waals surface area (Å²) < 4.78 is 28.2. The average Bonchev–Trinajstić information content (AvgIpc) is 2.84. The van der Waals surface area contributed by atoms with Crippen LogP contribution in [0.4, 0.5) is 5.69 Å². The summed E-state index contributed by atoms with van der Waals surface area (Å²) in [7, 11) is -1.57. The second kappa shape index (κ2) is 6.53. The number of carbonyl (C=O) groups is 1. The number of carbonyl (C=O) groups excluding carboxylic acids is 1. The van der Waals surface area contributed by atoms with E-state index >= 15 is 0 Å². The van der Waals surface area contributed by atoms with Crippen LogP contribution in [0.3, 0.4) is 0 Å². The highest BCUT2D eigenvalue weighted by Gasteiger charge is 2.33. The van der Waals surface area contributed by atoms with E-state index in [1.54, 1.807) is 13.0 Å². The summed E-state index contributed by atoms with van der Waals surface area (Å²) in [6.07, 6.45) is 0.398. The molecular weight excluding hydrogens is 324 g/mol. The molecule has 0 N–H and O–H groups in total. The molecule has 1 aliphatic rings. The first-order valence-corrected chi connectivity index (χ1v) is 8.85. The third-order valence-corrected chi connectivity index (χ3v) is 5.56. The van der Waals surface area contributed by atoms with E-state index < -0.39 is 20.7 Å². The van der Waals surface area contributed by atoms with Crippen LogP contribution in [0, 0.1) is 17.0 Å². The lowest BCUT2D eigenvalue weighted by atomic mass is 10.2. The molecule has 9 heteroatoms. The number of ether oxygens (including phenoxy) is 1. The molecule has 1 fully saturated rings. The number of likely N-dealkylation sites (N-methyl/N-ethyl adjacent to an activating group) is 1. The van der Waals surface area contributed by atoms with Crippen LogP contribution in [0.15, 0.2) is 18.2 Å². The van der Waals surface area contributed by atoms with Gasteiger partial charge in [-0.1, -0.05) is 6.07 Å². The number of nitrogens with zero attached hydrogens (tertiary/aromatic N) is 2. The van der Waals surface area contributed by atoms with E-state index in [4.69, 9.17) is 4.74 Å². The first kappa shape index (κ1) is 17.2. The molecule has 126 valence electrons. The lowest BCUT2D eigenvalue weighted by Crippen LogP contribution is -2.40. The second-order valence-electron chi connectivity index (χ2n) is 5.58. The molecule has 1 saturated heterocycles. The van der Waals surface area contributed by atoms with Crippen molar-refractivity contribution in [1.82, 2.24) is 4.90 Å². The molecular formula is C14H18N2O6S. The van der Waals surface area contributed by atoms with Crippen LogP contribution >= 0.6 is 0 Å². The molecule has 23 heavy (non-hydrogen) atoms. The highest BCUT2D eigenvalue weighted by atomic mass is 32.2. The van der Waals surface area contributed by atoms with Crippen LogP contribution in [-0.2, 0) is 14.6 Å². The zero-order chi connectivity index (χ0) is 17.2. The Balaban J connectivity index is 2.01. The van der Waals surface area contributed by atoms with Gasteiger partial charge in [0.25, 0.3) is 5.91 Å². The predicted octanol–water partition coefficient (Wildman–Crippen LogP) is 0.928. The molecule has 0 bridgehead atoms. The van der Waals surface area contributed by atoms with Gasteiger partial charge in [-0.05, 0) is 25.0 Å². The molecule has 0 aliphatic carbocycles. The summed E-state index contributed by atoms with van der Waals surface area (Å²) >= 11 is 0. The maximum atomic E-state index is 12.1. The summed E-state index contributed by atoms with van der Waals surface area (Å²) in [5, 5.41) is 11.0. The molecule has 2 rings (SSSR count). The standard InChI is InChI=1S/C14H18N2O6S/c1-10-3-4-13(12(7-10)16(18)19)22-8-14(17)15(2)11-5-6-23(20,21)9-11/h3-4,7,11H,5-6,8-9H2,1-2H3/t11-/m1/s1. The summed E-state index contributed by atoms with van der Waals surface area (Å²) in [6.45, 7) is 1.34. The molecule has 1 aromatic carbocycles. The first-order valence-electron chi connectivity index (χ1n) is 7.03. The number of hydrogen-bond donors (Lipinski definition) is 0. The van der Waals surface area contributed by atoms with Crippen molar-refractivity contribution in [3.63, 3.8) is 0 Å². The maximum Gasteiger partial charge on any atom is 0.311 e. The first-order chi connectivity index (χ1) is 10.7. The molecule has 0 aromatic heterocycles. The zero-order valence-electron chi connectivity index (χ0n) is 12.9. The number of hydrogen-bond acceptors (Lipinski definition) is 6. The van der Waals surface area contributed by atoms with E-state index in [0.717, 1.165) is 0 Å². The van der Waals surface area contributed by atoms with Gasteiger partial charge in [0.1, 0.15) is 0 Å². The molecule has 0 spiro atoms. The fourth-order valence-electron chi connectivity index (χ4n) is 2.42. The minimum Gasteiger partial charge on any atom is -0.477 e. The Morgan fingerprint density at radius 1 is 1.48 bits per heavy atom. The van der Waals surface area contributed by atoms with Gasteiger partial charge in [0.2, 0.25) is 0 Å². The Hall–Kier alpha value is -2.16. The Bertz CT molecular complexity index is 731. The third kappa shape index (κ3) is 4.19. The Kier molecular flexibility index (Phi) is 4.88. The van der Waals surface area contributed by atoms with Gasteiger partial charge in [0.05, 0.1) is 16.4 Å². The van der Waals surface area contributed by atoms with Gasteiger partial charge in [-0.15, -0.1) is 0 Å². The zero-order valence-corrected chi connectivity index (χ0v) is 13.7. The van der Waals surface area contributed by atoms with Crippen molar-refractivity contribution in [3.8, 4) is 5.75 Å². The Morgan fingerprint density at radius 3 is 2.74 bits per heavy atom. The van der Waals surface area contributed by atoms with Gasteiger partial charge < -0.3 is 9.64 Å². The van der Waals surface area contributed by atoms with Crippen molar-refractivity contribution < 1.29 is 22.9 Å². The number of benzene rings is 1. The topological polar surface area (TPSA) is 107 Å². The summed E-state index contributed by atoms with van der Waals surface area (Å²) in [5.41, 5.74) is 0.507. The lowest BCUT2D eigenvalue weighted by molar-refractivity contribution is -0.385. The molecule has 1 heterocycles. The minimum atomic E-state index is -3.09. The van der Waals surface area contributed by atoms with E-state index in [1.165, 1.54) is 24.1 Å². The van der Waals surface area contributed by atoms with Gasteiger partial charge in [-0.3, -0.25) is 14.9 Å². The monoisotopic (exact) mass is 342 g/mol. The van der Waals surface area contributed by atoms with Gasteiger partial charge in [0, 0.05) is 19.2 Å². The van der Waals surface area contributed by atoms with Crippen molar-refractivity contribution in [2.75, 3.05) is 25.2 Å². The minimum absolute atomic E-state index is 0.0152. The van der Waals surface area contributed by atoms with Crippen molar-refractivity contribution in [3.05, 3.63) is 33.9 Å². The van der Waals surface area contributed by atoms with Gasteiger partial charge in [-0.25, -0.2) is 8.42 Å². The van der Waals surface area contributed by atoms with Crippen molar-refractivity contribution >= 4 is 21.4 Å². The van der Waals surface area contributed by atoms with Crippen LogP contribution in [0.2, 0.25) is 0 Å². The third-order valence-electron chi connectivity index (χ3n) is 3.81. The molecule has 1 aliphatic heterocycles. The Morgan fingerprint density at radius 2 is 2.17 bits per heavy atom. The van der Waals surface area contributed by atoms with E-state index in [0.29, 0.717) is 12.0 Å². The molecule has 8 nitrogen and oxygen atoms in total. The lowest BCUT2D eigenvalue weighted by Gasteiger charge is -2.23. The van der Waals surface area contributed by atoms with Gasteiger partial charge in [0.15, 0.2) is 22.2 Å². The normalized spacial score (nSPS) is 19.3. The van der Waals surface area contributed by atoms with Gasteiger partial charge in [-0.2, -0.15) is 0 Å². The van der Waals surface area contributed by atoms with E-state index in [2.05, 4.69) is 0 Å². The smallest absolute Gasteiger partial charge is 0.311 e. The number of amides is 1. The Labute approximate surface area is 134 Å². The quantitative estimate of drug-likeness (QED) is 0.582. The molecule has 1 amide bonds. The average molecular weight is 342 g/mol. The van der Waals surface area contributed by atoms with E-state index in [-0.39, 0.29) is 35.6 Å². The van der Waals surface area contributed by atoms with Crippen molar-refractivity contribution in [1.29, 1.82) is 0 Å².